The maximum atomic E-state index is 11.6. The Morgan fingerprint density at radius 3 is 1.50 bits per heavy atom. The number of non-ortho nitro benzene ring substituents is 2. The molecule has 0 atom stereocenters. The van der Waals surface area contributed by atoms with Crippen molar-refractivity contribution in [1.82, 2.24) is 5.43 Å². The van der Waals surface area contributed by atoms with Gasteiger partial charge in [-0.05, 0) is 24.3 Å². The van der Waals surface area contributed by atoms with Crippen molar-refractivity contribution in [1.29, 1.82) is 0 Å². The van der Waals surface area contributed by atoms with Crippen LogP contribution in [0.1, 0.15) is 0 Å². The molecule has 0 aliphatic rings. The molecule has 3 aromatic rings. The highest BCUT2D eigenvalue weighted by molar-refractivity contribution is 5.76. The zero-order chi connectivity index (χ0) is 23.4. The highest BCUT2D eigenvalue weighted by Gasteiger charge is 2.33. The number of hydrogen-bond donors (Lipinski definition) is 0. The van der Waals surface area contributed by atoms with Crippen LogP contribution in [-0.2, 0) is 0 Å². The number of benzene rings is 3. The number of nitro benzene ring substituents is 4. The minimum absolute atomic E-state index is 0.198. The first-order chi connectivity index (χ1) is 15.2. The molecule has 0 bridgehead atoms. The van der Waals surface area contributed by atoms with Crippen LogP contribution in [0.4, 0.5) is 39.8 Å². The molecule has 0 N–H and O–H groups in total. The second kappa shape index (κ2) is 8.70. The fraction of sp³-hybridized carbons (Fsp3) is 0. The molecule has 0 amide bonds. The summed E-state index contributed by atoms with van der Waals surface area (Å²) in [6, 6.07) is 14.1. The summed E-state index contributed by atoms with van der Waals surface area (Å²) in [5.41, 5.74) is 0.894. The molecule has 0 saturated carbocycles. The lowest BCUT2D eigenvalue weighted by atomic mass is 10.2. The molecule has 0 heterocycles. The van der Waals surface area contributed by atoms with Crippen LogP contribution in [0.25, 0.3) is 0 Å². The Morgan fingerprint density at radius 2 is 1.06 bits per heavy atom. The van der Waals surface area contributed by atoms with Gasteiger partial charge in [-0.15, -0.1) is 0 Å². The average Bonchev–Trinajstić information content (AvgIpc) is 2.77. The van der Waals surface area contributed by atoms with Crippen LogP contribution in [0, 0.1) is 40.5 Å². The van der Waals surface area contributed by atoms with Crippen LogP contribution in [0.5, 0.6) is 0 Å². The Hall–Kier alpha value is -5.14. The molecule has 0 aromatic heterocycles. The number of nitrogens with zero attached hydrogens (tertiary/aromatic N) is 6. The Morgan fingerprint density at radius 1 is 0.594 bits per heavy atom. The lowest BCUT2D eigenvalue weighted by molar-refractivity contribution is -0.402. The second-order valence-corrected chi connectivity index (χ2v) is 6.12. The van der Waals surface area contributed by atoms with E-state index in [2.05, 4.69) is 5.43 Å². The van der Waals surface area contributed by atoms with Gasteiger partial charge in [0.1, 0.15) is 0 Å². The minimum atomic E-state index is -1.02. The van der Waals surface area contributed by atoms with Crippen LogP contribution < -0.4 is 10.4 Å². The number of rotatable bonds is 8. The number of para-hydroxylation sites is 1. The molecule has 3 rings (SSSR count). The molecule has 14 heteroatoms. The molecule has 161 valence electrons. The summed E-state index contributed by atoms with van der Waals surface area (Å²) in [5.74, 6) is 0. The van der Waals surface area contributed by atoms with Gasteiger partial charge in [0, 0.05) is 12.1 Å². The highest BCUT2D eigenvalue weighted by Crippen LogP contribution is 2.40. The summed E-state index contributed by atoms with van der Waals surface area (Å²) in [6.45, 7) is 0. The van der Waals surface area contributed by atoms with Gasteiger partial charge >= 0.3 is 11.4 Å². The van der Waals surface area contributed by atoms with Gasteiger partial charge < -0.3 is 0 Å². The standard InChI is InChI=1S/C18H11N6O8/c25-21(26)14-8-6-13(7-9-14)20(12-4-2-1-3-5-12)19-18-16(23(29)30)10-15(22(27)28)11-17(18)24(31)32/h1-11H. The van der Waals surface area contributed by atoms with Crippen LogP contribution in [0.2, 0.25) is 0 Å². The predicted molar refractivity (Wildman–Crippen MR) is 110 cm³/mol. The van der Waals surface area contributed by atoms with Crippen molar-refractivity contribution in [3.05, 3.63) is 107 Å². The summed E-state index contributed by atoms with van der Waals surface area (Å²) < 4.78 is 0. The topological polar surface area (TPSA) is 190 Å². The van der Waals surface area contributed by atoms with Crippen LogP contribution >= 0.6 is 0 Å². The molecular formula is C18H11N6O8. The zero-order valence-corrected chi connectivity index (χ0v) is 15.8. The molecular weight excluding hydrogens is 428 g/mol. The minimum Gasteiger partial charge on any atom is -0.258 e. The quantitative estimate of drug-likeness (QED) is 0.363. The van der Waals surface area contributed by atoms with Crippen molar-refractivity contribution >= 4 is 39.8 Å². The van der Waals surface area contributed by atoms with Gasteiger partial charge in [0.05, 0.1) is 43.2 Å². The van der Waals surface area contributed by atoms with E-state index in [4.69, 9.17) is 0 Å². The Labute approximate surface area is 177 Å². The smallest absolute Gasteiger partial charge is 0.258 e. The van der Waals surface area contributed by atoms with E-state index in [9.17, 15) is 40.5 Å². The zero-order valence-electron chi connectivity index (χ0n) is 15.8. The largest absolute Gasteiger partial charge is 0.310 e. The summed E-state index contributed by atoms with van der Waals surface area (Å²) >= 11 is 0. The first-order valence-electron chi connectivity index (χ1n) is 8.61. The average molecular weight is 439 g/mol. The Kier molecular flexibility index (Phi) is 5.86. The summed E-state index contributed by atoms with van der Waals surface area (Å²) in [4.78, 5) is 41.5. The van der Waals surface area contributed by atoms with Crippen molar-refractivity contribution in [2.75, 3.05) is 5.01 Å². The Balaban J connectivity index is 2.20. The van der Waals surface area contributed by atoms with Gasteiger partial charge in [0.15, 0.2) is 0 Å². The monoisotopic (exact) mass is 439 g/mol. The fourth-order valence-corrected chi connectivity index (χ4v) is 2.73. The number of anilines is 2. The highest BCUT2D eigenvalue weighted by atomic mass is 16.6. The van der Waals surface area contributed by atoms with Crippen molar-refractivity contribution in [2.45, 2.75) is 0 Å². The van der Waals surface area contributed by atoms with Gasteiger partial charge in [-0.2, -0.15) is 5.43 Å². The van der Waals surface area contributed by atoms with Crippen LogP contribution in [0.3, 0.4) is 0 Å². The third-order valence-electron chi connectivity index (χ3n) is 4.16. The SMILES string of the molecule is O=[N+]([O-])c1ccc(N([N]c2c([N+](=O)[O-])cc([N+](=O)[O-])cc2[N+](=O)[O-])c2ccccc2)cc1. The van der Waals surface area contributed by atoms with E-state index in [-0.39, 0.29) is 11.4 Å². The number of nitro groups is 4. The maximum absolute atomic E-state index is 11.6. The third-order valence-corrected chi connectivity index (χ3v) is 4.16. The molecule has 0 aliphatic carbocycles. The van der Waals surface area contributed by atoms with Crippen molar-refractivity contribution < 1.29 is 19.7 Å². The van der Waals surface area contributed by atoms with Crippen molar-refractivity contribution in [3.8, 4) is 0 Å². The van der Waals surface area contributed by atoms with Gasteiger partial charge in [0.2, 0.25) is 5.69 Å². The van der Waals surface area contributed by atoms with Gasteiger partial charge in [-0.1, -0.05) is 18.2 Å². The summed E-state index contributed by atoms with van der Waals surface area (Å²) in [7, 11) is 0. The third kappa shape index (κ3) is 4.38. The molecule has 0 saturated heterocycles. The first-order valence-corrected chi connectivity index (χ1v) is 8.61. The van der Waals surface area contributed by atoms with Gasteiger partial charge in [-0.3, -0.25) is 40.5 Å². The first kappa shape index (κ1) is 21.6. The Bertz CT molecular complexity index is 1180. The molecule has 14 nitrogen and oxygen atoms in total. The van der Waals surface area contributed by atoms with Crippen molar-refractivity contribution in [3.63, 3.8) is 0 Å². The van der Waals surface area contributed by atoms with Crippen LogP contribution in [0.15, 0.2) is 66.7 Å². The molecule has 0 aliphatic heterocycles. The number of hydrogen-bond acceptors (Lipinski definition) is 9. The van der Waals surface area contributed by atoms with E-state index in [0.717, 1.165) is 5.01 Å². The summed E-state index contributed by atoms with van der Waals surface area (Å²) in [6.07, 6.45) is 0. The molecule has 3 aromatic carbocycles. The lowest BCUT2D eigenvalue weighted by Gasteiger charge is -2.23. The lowest BCUT2D eigenvalue weighted by Crippen LogP contribution is -2.24. The predicted octanol–water partition coefficient (Wildman–Crippen LogP) is 4.31. The van der Waals surface area contributed by atoms with E-state index in [1.807, 2.05) is 0 Å². The molecule has 0 fully saturated rings. The van der Waals surface area contributed by atoms with E-state index >= 15 is 0 Å². The normalized spacial score (nSPS) is 10.2. The van der Waals surface area contributed by atoms with E-state index in [1.165, 1.54) is 24.3 Å². The summed E-state index contributed by atoms with van der Waals surface area (Å²) in [5, 5.41) is 46.2. The fourth-order valence-electron chi connectivity index (χ4n) is 2.73. The van der Waals surface area contributed by atoms with Gasteiger partial charge in [0.25, 0.3) is 11.4 Å². The van der Waals surface area contributed by atoms with Crippen LogP contribution in [-0.4, -0.2) is 19.7 Å². The van der Waals surface area contributed by atoms with Gasteiger partial charge in [-0.25, -0.2) is 5.01 Å². The van der Waals surface area contributed by atoms with Crippen molar-refractivity contribution in [2.24, 2.45) is 0 Å². The molecule has 32 heavy (non-hydrogen) atoms. The van der Waals surface area contributed by atoms with E-state index < -0.39 is 42.4 Å². The second-order valence-electron chi connectivity index (χ2n) is 6.12. The van der Waals surface area contributed by atoms with E-state index in [0.29, 0.717) is 17.8 Å². The molecule has 0 spiro atoms. The van der Waals surface area contributed by atoms with E-state index in [1.54, 1.807) is 30.3 Å². The molecule has 1 radical (unpaired) electrons. The maximum Gasteiger partial charge on any atom is 0.310 e. The molecule has 0 unspecified atom stereocenters.